The third-order valence-corrected chi connectivity index (χ3v) is 18.7. The zero-order chi connectivity index (χ0) is 82.4. The summed E-state index contributed by atoms with van der Waals surface area (Å²) in [6, 6.07) is -6.52. The molecule has 3 heterocycles. The summed E-state index contributed by atoms with van der Waals surface area (Å²) in [4.78, 5) is 228. The van der Waals surface area contributed by atoms with E-state index < -0.39 is 194 Å². The van der Waals surface area contributed by atoms with Crippen LogP contribution in [0.4, 0.5) is 0 Å². The molecule has 2 aromatic heterocycles. The lowest BCUT2D eigenvalue weighted by atomic mass is 10.0. The molecule has 0 spiro atoms. The molecular formula is C69H110N22O18S2. The number of H-pyrrole nitrogens is 2. The molecule has 1 aliphatic heterocycles. The zero-order valence-electron chi connectivity index (χ0n) is 64.0. The van der Waals surface area contributed by atoms with Crippen molar-refractivity contribution in [3.8, 4) is 0 Å². The minimum absolute atomic E-state index is 0.0463. The van der Waals surface area contributed by atoms with Gasteiger partial charge in [0.2, 0.25) is 94.5 Å². The van der Waals surface area contributed by atoms with Crippen molar-refractivity contribution in [2.75, 3.05) is 116 Å². The molecule has 1 aromatic carbocycles. The van der Waals surface area contributed by atoms with Gasteiger partial charge in [-0.05, 0) is 75.8 Å². The number of carbonyl (C=O) groups is 16. The molecule has 16 amide bonds. The van der Waals surface area contributed by atoms with E-state index >= 15 is 0 Å². The second-order valence-electron chi connectivity index (χ2n) is 27.5. The van der Waals surface area contributed by atoms with E-state index in [2.05, 4.69) is 89.4 Å². The number of nitrogens with two attached hydrogens (primary N) is 2. The number of amides is 16. The Kier molecular flexibility index (Phi) is 40.9. The van der Waals surface area contributed by atoms with E-state index in [1.807, 2.05) is 25.0 Å². The van der Waals surface area contributed by atoms with E-state index in [1.54, 1.807) is 68.2 Å². The summed E-state index contributed by atoms with van der Waals surface area (Å²) < 4.78 is 0. The minimum atomic E-state index is -1.63. The van der Waals surface area contributed by atoms with Crippen LogP contribution in [0.1, 0.15) is 78.5 Å². The van der Waals surface area contributed by atoms with Crippen LogP contribution in [-0.2, 0) is 89.6 Å². The average Bonchev–Trinajstić information content (AvgIpc) is 1.70. The Bertz CT molecular complexity index is 3630. The summed E-state index contributed by atoms with van der Waals surface area (Å²) in [6.07, 6.45) is 5.41. The van der Waals surface area contributed by atoms with Gasteiger partial charge in [-0.3, -0.25) is 86.5 Å². The highest BCUT2D eigenvalue weighted by Crippen LogP contribution is 2.20. The van der Waals surface area contributed by atoms with Crippen molar-refractivity contribution < 1.29 is 86.9 Å². The van der Waals surface area contributed by atoms with E-state index in [0.29, 0.717) is 60.6 Å². The third kappa shape index (κ3) is 34.4. The number of aromatic nitrogens is 3. The largest absolute Gasteiger partial charge is 0.394 e. The molecule has 1 saturated heterocycles. The summed E-state index contributed by atoms with van der Waals surface area (Å²) in [5, 5.41) is 56.6. The number of piperazine rings is 1. The topological polar surface area (TPSA) is 588 Å². The fourth-order valence-corrected chi connectivity index (χ4v) is 12.5. The summed E-state index contributed by atoms with van der Waals surface area (Å²) in [5.74, 6) is -12.4. The number of fused-ring (bicyclic) bond motifs is 1. The first-order chi connectivity index (χ1) is 52.6. The van der Waals surface area contributed by atoms with Crippen molar-refractivity contribution in [1.29, 1.82) is 0 Å². The first kappa shape index (κ1) is 93.4. The Morgan fingerprint density at radius 2 is 1.14 bits per heavy atom. The molecule has 0 unspecified atom stereocenters. The maximum Gasteiger partial charge on any atom is 0.245 e. The monoisotopic (exact) mass is 1600 g/mol. The van der Waals surface area contributed by atoms with Crippen LogP contribution in [0.25, 0.3) is 10.9 Å². The van der Waals surface area contributed by atoms with Gasteiger partial charge >= 0.3 is 0 Å². The number of primary amides is 2. The standard InChI is InChI=1S/C69H110N22O18S2/c1-38(2)24-48(65(105)83-46(60(71)100)16-23-110-9)85-66(106)50(26-43-28-72-36-77-43)80-56(97)30-76-69(109)59(39(3)4)88-61(101)40(5)79-64(104)49(25-42-27-74-45-13-11-10-12-44(42)45)86-63(103)47(14-15-54(70)95)84-67(107)51(33-92)82-58(99)32-91-21-19-90(20-22-91)18-17-73-55(96)29-75-62(102)53(35-111-37-78-41(6)94)87-68(108)52(34-93)81-57(98)31-89(7)8/h10-13,27-28,36,38-40,46-53,59,74,92-93H,14-26,29-35,37H2,1-9H3,(H2,70,95)(H2,71,100)(H,72,77)(H,73,96)(H,75,102)(H,76,109)(H,78,94)(H,79,104)(H,80,97)(H,81,98)(H,82,99)(H,83,105)(H,84,107)(H,85,106)(H,86,103)(H,87,108)(H,88,101)/t40-,46-,47-,48-,49-,50-,51-,52-,53-,59-/m0/s1. The van der Waals surface area contributed by atoms with Crippen molar-refractivity contribution in [3.05, 3.63) is 54.2 Å². The van der Waals surface area contributed by atoms with Gasteiger partial charge in [0.1, 0.15) is 60.4 Å². The molecule has 0 saturated carbocycles. The second kappa shape index (κ2) is 48.6. The quantitative estimate of drug-likeness (QED) is 0.0184. The Balaban J connectivity index is 1.36. The lowest BCUT2D eigenvalue weighted by molar-refractivity contribution is -0.136. The van der Waals surface area contributed by atoms with Crippen LogP contribution in [0, 0.1) is 11.8 Å². The lowest BCUT2D eigenvalue weighted by Gasteiger charge is -2.34. The maximum atomic E-state index is 14.5. The highest BCUT2D eigenvalue weighted by molar-refractivity contribution is 7.99. The molecule has 1 aliphatic rings. The Morgan fingerprint density at radius 3 is 1.74 bits per heavy atom. The van der Waals surface area contributed by atoms with Gasteiger partial charge in [0.05, 0.1) is 51.6 Å². The smallest absolute Gasteiger partial charge is 0.245 e. The Labute approximate surface area is 651 Å². The van der Waals surface area contributed by atoms with Crippen molar-refractivity contribution in [1.82, 2.24) is 104 Å². The van der Waals surface area contributed by atoms with E-state index in [9.17, 15) is 86.9 Å². The van der Waals surface area contributed by atoms with Crippen LogP contribution in [0.15, 0.2) is 43.0 Å². The predicted molar refractivity (Wildman–Crippen MR) is 410 cm³/mol. The number of carbonyl (C=O) groups excluding carboxylic acids is 16. The average molecular weight is 1600 g/mol. The van der Waals surface area contributed by atoms with Crippen LogP contribution < -0.4 is 85.9 Å². The molecule has 10 atom stereocenters. The molecule has 1 fully saturated rings. The van der Waals surface area contributed by atoms with Crippen LogP contribution in [0.5, 0.6) is 0 Å². The van der Waals surface area contributed by atoms with Crippen molar-refractivity contribution in [2.45, 2.75) is 140 Å². The number of aliphatic hydroxyl groups is 2. The first-order valence-electron chi connectivity index (χ1n) is 36.2. The zero-order valence-corrected chi connectivity index (χ0v) is 65.6. The summed E-state index contributed by atoms with van der Waals surface area (Å²) >= 11 is 2.55. The number of imidazole rings is 1. The summed E-state index contributed by atoms with van der Waals surface area (Å²) in [5.41, 5.74) is 12.7. The molecule has 111 heavy (non-hydrogen) atoms. The van der Waals surface area contributed by atoms with Gasteiger partial charge in [-0.25, -0.2) is 4.98 Å². The van der Waals surface area contributed by atoms with Crippen LogP contribution in [0.2, 0.25) is 0 Å². The van der Waals surface area contributed by atoms with Gasteiger partial charge in [-0.15, -0.1) is 11.8 Å². The highest BCUT2D eigenvalue weighted by Gasteiger charge is 2.36. The lowest BCUT2D eigenvalue weighted by Crippen LogP contribution is -2.60. The van der Waals surface area contributed by atoms with E-state index in [-0.39, 0.29) is 68.8 Å². The van der Waals surface area contributed by atoms with Gasteiger partial charge in [0.25, 0.3) is 0 Å². The maximum absolute atomic E-state index is 14.5. The normalized spacial score (nSPS) is 15.1. The first-order valence-corrected chi connectivity index (χ1v) is 38.7. The van der Waals surface area contributed by atoms with Crippen molar-refractivity contribution >= 4 is 129 Å². The number of thioether (sulfide) groups is 2. The molecular weight excluding hydrogens is 1490 g/mol. The fraction of sp³-hybridized carbons (Fsp3) is 0.609. The van der Waals surface area contributed by atoms with E-state index in [1.165, 1.54) is 38.1 Å². The Hall–Kier alpha value is -10.0. The Morgan fingerprint density at radius 1 is 0.577 bits per heavy atom. The molecule has 3 aromatic rings. The van der Waals surface area contributed by atoms with Crippen LogP contribution >= 0.6 is 23.5 Å². The predicted octanol–water partition coefficient (Wildman–Crippen LogP) is -7.91. The van der Waals surface area contributed by atoms with Crippen molar-refractivity contribution in [2.24, 2.45) is 23.3 Å². The van der Waals surface area contributed by atoms with Gasteiger partial charge in [0.15, 0.2) is 0 Å². The molecule has 4 rings (SSSR count). The molecule has 0 radical (unpaired) electrons. The highest BCUT2D eigenvalue weighted by atomic mass is 32.2. The number of nitrogens with zero attached hydrogens (tertiary/aromatic N) is 4. The molecule has 0 bridgehead atoms. The number of benzene rings is 1. The number of rotatable bonds is 50. The fourth-order valence-electron chi connectivity index (χ4n) is 11.2. The molecule has 0 aliphatic carbocycles. The van der Waals surface area contributed by atoms with Gasteiger partial charge < -0.3 is 111 Å². The molecule has 42 heteroatoms. The third-order valence-electron chi connectivity index (χ3n) is 17.2. The number of para-hydroxylation sites is 1. The number of hydrogen-bond acceptors (Lipinski definition) is 24. The minimum Gasteiger partial charge on any atom is -0.394 e. The van der Waals surface area contributed by atoms with Gasteiger partial charge in [-0.1, -0.05) is 45.9 Å². The number of aliphatic hydroxyl groups excluding tert-OH is 2. The summed E-state index contributed by atoms with van der Waals surface area (Å²) in [6.45, 7) is 8.40. The van der Waals surface area contributed by atoms with Gasteiger partial charge in [-0.2, -0.15) is 11.8 Å². The molecule has 616 valence electrons. The number of hydrogen-bond donors (Lipinski definition) is 20. The number of nitrogens with one attached hydrogen (secondary N) is 16. The van der Waals surface area contributed by atoms with E-state index in [0.717, 1.165) is 11.8 Å². The SMILES string of the molecule is CSCC[C@H](NC(=O)[C@H](CC(C)C)NC(=O)[C@H](Cc1cnc[nH]1)NC(=O)CNC(=O)[C@@H](NC(=O)[C@H](C)NC(=O)[C@H](Cc1c[nH]c2ccccc12)NC(=O)[C@H](CCC(N)=O)NC(=O)[C@H](CO)NC(=O)CN1CCN(CCNC(=O)CNC(=O)[C@H](CSCNC(C)=O)NC(=O)[C@H](CO)NC(=O)CN(C)C)CC1)C(C)C)C(N)=O. The molecule has 22 N–H and O–H groups in total. The van der Waals surface area contributed by atoms with Crippen LogP contribution in [0.3, 0.4) is 0 Å². The summed E-state index contributed by atoms with van der Waals surface area (Å²) in [7, 11) is 3.27. The van der Waals surface area contributed by atoms with Gasteiger partial charge in [0, 0.05) is 100 Å². The number of aromatic amines is 2. The van der Waals surface area contributed by atoms with Crippen molar-refractivity contribution in [3.63, 3.8) is 0 Å². The molecule has 40 nitrogen and oxygen atoms in total. The van der Waals surface area contributed by atoms with Crippen LogP contribution in [-0.4, -0.2) is 311 Å². The second-order valence-corrected chi connectivity index (χ2v) is 29.6. The number of likely N-dealkylation sites (N-methyl/N-ethyl adjacent to an activating group) is 1. The van der Waals surface area contributed by atoms with E-state index in [4.69, 9.17) is 11.5 Å².